The summed E-state index contributed by atoms with van der Waals surface area (Å²) in [6, 6.07) is 9.74. The molecule has 4 atom stereocenters. The van der Waals surface area contributed by atoms with Crippen LogP contribution in [0.25, 0.3) is 0 Å². The standard InChI is InChI=1S/C24H26ClFO5/c1-13(2)18-11-19(15-5-7-17(26)8-6-15)14(3)31-23(18)20-9-16(25)10-21(29-4)24(20)30-12-22(27)28/h5-10,14,18-19,23H,1,11-12H2,2-4H3,(H,27,28)/t14-,18+,19-,23-/m0/s1. The Morgan fingerprint density at radius 3 is 2.58 bits per heavy atom. The Kier molecular flexibility index (Phi) is 7.23. The van der Waals surface area contributed by atoms with E-state index in [0.29, 0.717) is 16.3 Å². The number of carboxylic acids is 1. The number of hydrogen-bond donors (Lipinski definition) is 1. The van der Waals surface area contributed by atoms with Gasteiger partial charge in [-0.25, -0.2) is 9.18 Å². The molecule has 31 heavy (non-hydrogen) atoms. The molecular weight excluding hydrogens is 423 g/mol. The number of hydrogen-bond acceptors (Lipinski definition) is 4. The van der Waals surface area contributed by atoms with Gasteiger partial charge < -0.3 is 19.3 Å². The second-order valence-electron chi connectivity index (χ2n) is 7.82. The Morgan fingerprint density at radius 1 is 1.32 bits per heavy atom. The van der Waals surface area contributed by atoms with E-state index in [1.54, 1.807) is 24.3 Å². The molecule has 0 aromatic heterocycles. The highest BCUT2D eigenvalue weighted by Crippen LogP contribution is 2.50. The molecule has 0 saturated carbocycles. The van der Waals surface area contributed by atoms with Gasteiger partial charge in [0.05, 0.1) is 19.3 Å². The molecule has 5 nitrogen and oxygen atoms in total. The van der Waals surface area contributed by atoms with Crippen LogP contribution in [0.15, 0.2) is 48.6 Å². The minimum atomic E-state index is -1.10. The summed E-state index contributed by atoms with van der Waals surface area (Å²) in [6.45, 7) is 7.52. The van der Waals surface area contributed by atoms with Crippen molar-refractivity contribution in [2.24, 2.45) is 5.92 Å². The lowest BCUT2D eigenvalue weighted by atomic mass is 9.76. The van der Waals surface area contributed by atoms with E-state index in [2.05, 4.69) is 6.58 Å². The molecule has 3 rings (SSSR count). The number of carboxylic acid groups (broad SMARTS) is 1. The van der Waals surface area contributed by atoms with E-state index in [1.165, 1.54) is 19.2 Å². The van der Waals surface area contributed by atoms with Crippen molar-refractivity contribution in [3.63, 3.8) is 0 Å². The van der Waals surface area contributed by atoms with Crippen molar-refractivity contribution in [3.05, 3.63) is 70.5 Å². The topological polar surface area (TPSA) is 65.0 Å². The summed E-state index contributed by atoms with van der Waals surface area (Å²) in [5, 5.41) is 9.52. The number of aliphatic carboxylic acids is 1. The van der Waals surface area contributed by atoms with Crippen LogP contribution in [0.3, 0.4) is 0 Å². The molecule has 1 aliphatic rings. The normalized spacial score (nSPS) is 23.3. The van der Waals surface area contributed by atoms with Crippen LogP contribution < -0.4 is 9.47 Å². The number of carbonyl (C=O) groups is 1. The van der Waals surface area contributed by atoms with Crippen molar-refractivity contribution in [1.29, 1.82) is 0 Å². The molecule has 7 heteroatoms. The maximum absolute atomic E-state index is 13.4. The van der Waals surface area contributed by atoms with Gasteiger partial charge in [-0.3, -0.25) is 0 Å². The molecule has 1 fully saturated rings. The van der Waals surface area contributed by atoms with E-state index in [9.17, 15) is 9.18 Å². The zero-order valence-corrected chi connectivity index (χ0v) is 18.5. The average Bonchev–Trinajstić information content (AvgIpc) is 2.72. The zero-order valence-electron chi connectivity index (χ0n) is 17.7. The van der Waals surface area contributed by atoms with Gasteiger partial charge in [0.15, 0.2) is 18.1 Å². The number of ether oxygens (including phenoxy) is 3. The predicted molar refractivity (Wildman–Crippen MR) is 116 cm³/mol. The molecule has 2 aromatic rings. The van der Waals surface area contributed by atoms with Crippen LogP contribution in [0.1, 0.15) is 43.4 Å². The van der Waals surface area contributed by atoms with Crippen molar-refractivity contribution >= 4 is 17.6 Å². The van der Waals surface area contributed by atoms with Crippen molar-refractivity contribution < 1.29 is 28.5 Å². The molecule has 1 heterocycles. The van der Waals surface area contributed by atoms with Gasteiger partial charge in [0.1, 0.15) is 5.82 Å². The van der Waals surface area contributed by atoms with Crippen LogP contribution in [0.2, 0.25) is 5.02 Å². The molecule has 0 radical (unpaired) electrons. The van der Waals surface area contributed by atoms with Gasteiger partial charge in [0, 0.05) is 28.5 Å². The van der Waals surface area contributed by atoms with Gasteiger partial charge in [0.2, 0.25) is 0 Å². The summed E-state index contributed by atoms with van der Waals surface area (Å²) in [6.07, 6.45) is 0.0731. The van der Waals surface area contributed by atoms with E-state index in [0.717, 1.165) is 17.6 Å². The maximum atomic E-state index is 13.4. The highest BCUT2D eigenvalue weighted by atomic mass is 35.5. The monoisotopic (exact) mass is 448 g/mol. The molecule has 0 aliphatic carbocycles. The first-order chi connectivity index (χ1) is 14.7. The third-order valence-corrected chi connectivity index (χ3v) is 5.87. The smallest absolute Gasteiger partial charge is 0.341 e. The van der Waals surface area contributed by atoms with E-state index in [4.69, 9.17) is 30.9 Å². The Morgan fingerprint density at radius 2 is 2.00 bits per heavy atom. The summed E-state index contributed by atoms with van der Waals surface area (Å²) in [5.41, 5.74) is 2.51. The van der Waals surface area contributed by atoms with Crippen molar-refractivity contribution in [3.8, 4) is 11.5 Å². The molecule has 2 aromatic carbocycles. The van der Waals surface area contributed by atoms with Crippen molar-refractivity contribution in [1.82, 2.24) is 0 Å². The number of halogens is 2. The summed E-state index contributed by atoms with van der Waals surface area (Å²) >= 11 is 6.32. The molecule has 0 amide bonds. The number of rotatable bonds is 7. The molecule has 0 spiro atoms. The fourth-order valence-corrected chi connectivity index (χ4v) is 4.33. The first-order valence-electron chi connectivity index (χ1n) is 9.99. The van der Waals surface area contributed by atoms with Crippen LogP contribution in [0, 0.1) is 11.7 Å². The van der Waals surface area contributed by atoms with Gasteiger partial charge in [0.25, 0.3) is 0 Å². The quantitative estimate of drug-likeness (QED) is 0.544. The fraction of sp³-hybridized carbons (Fsp3) is 0.375. The minimum absolute atomic E-state index is 0.0445. The summed E-state index contributed by atoms with van der Waals surface area (Å²) in [5.74, 6) is -0.814. The fourth-order valence-electron chi connectivity index (χ4n) is 4.12. The first-order valence-corrected chi connectivity index (χ1v) is 10.4. The second kappa shape index (κ2) is 9.71. The molecule has 0 unspecified atom stereocenters. The average molecular weight is 449 g/mol. The van der Waals surface area contributed by atoms with Crippen LogP contribution in [-0.2, 0) is 9.53 Å². The highest BCUT2D eigenvalue weighted by Gasteiger charge is 2.39. The lowest BCUT2D eigenvalue weighted by molar-refractivity contribution is -0.139. The molecule has 166 valence electrons. The maximum Gasteiger partial charge on any atom is 0.341 e. The number of methoxy groups -OCH3 is 1. The lowest BCUT2D eigenvalue weighted by Gasteiger charge is -2.42. The molecule has 0 bridgehead atoms. The highest BCUT2D eigenvalue weighted by molar-refractivity contribution is 6.30. The van der Waals surface area contributed by atoms with Gasteiger partial charge >= 0.3 is 5.97 Å². The summed E-state index contributed by atoms with van der Waals surface area (Å²) < 4.78 is 30.8. The summed E-state index contributed by atoms with van der Waals surface area (Å²) in [4.78, 5) is 11.1. The van der Waals surface area contributed by atoms with E-state index >= 15 is 0 Å². The molecule has 1 saturated heterocycles. The van der Waals surface area contributed by atoms with Crippen LogP contribution in [-0.4, -0.2) is 30.9 Å². The molecular formula is C24H26ClFO5. The van der Waals surface area contributed by atoms with Gasteiger partial charge in [-0.2, -0.15) is 0 Å². The largest absolute Gasteiger partial charge is 0.493 e. The Bertz CT molecular complexity index is 959. The Hall–Kier alpha value is -2.57. The van der Waals surface area contributed by atoms with Gasteiger partial charge in [-0.05, 0) is 44.0 Å². The van der Waals surface area contributed by atoms with Gasteiger partial charge in [-0.1, -0.05) is 35.9 Å². The minimum Gasteiger partial charge on any atom is -0.493 e. The Labute approximate surface area is 186 Å². The lowest BCUT2D eigenvalue weighted by Crippen LogP contribution is -2.34. The third-order valence-electron chi connectivity index (χ3n) is 5.65. The van der Waals surface area contributed by atoms with E-state index in [-0.39, 0.29) is 29.5 Å². The van der Waals surface area contributed by atoms with Crippen molar-refractivity contribution in [2.75, 3.05) is 13.7 Å². The van der Waals surface area contributed by atoms with Crippen LogP contribution in [0.4, 0.5) is 4.39 Å². The Balaban J connectivity index is 2.01. The number of benzene rings is 2. The predicted octanol–water partition coefficient (Wildman–Crippen LogP) is 5.78. The first kappa shape index (κ1) is 23.1. The SMILES string of the molecule is C=C(C)[C@H]1C[C@H](c2ccc(F)cc2)[C@H](C)O[C@@H]1c1cc(Cl)cc(OC)c1OCC(=O)O. The summed E-state index contributed by atoms with van der Waals surface area (Å²) in [7, 11) is 1.47. The van der Waals surface area contributed by atoms with Gasteiger partial charge in [-0.15, -0.1) is 0 Å². The van der Waals surface area contributed by atoms with Crippen LogP contribution >= 0.6 is 11.6 Å². The van der Waals surface area contributed by atoms with E-state index in [1.807, 2.05) is 13.8 Å². The molecule has 1 N–H and O–H groups in total. The van der Waals surface area contributed by atoms with Crippen LogP contribution in [0.5, 0.6) is 11.5 Å². The second-order valence-corrected chi connectivity index (χ2v) is 8.25. The van der Waals surface area contributed by atoms with Crippen molar-refractivity contribution in [2.45, 2.75) is 38.4 Å². The molecule has 1 aliphatic heterocycles. The zero-order chi connectivity index (χ0) is 22.7. The van der Waals surface area contributed by atoms with E-state index < -0.39 is 18.7 Å². The third kappa shape index (κ3) is 5.20.